The van der Waals surface area contributed by atoms with E-state index in [9.17, 15) is 4.79 Å². The predicted molar refractivity (Wildman–Crippen MR) is 59.9 cm³/mol. The second-order valence-corrected chi connectivity index (χ2v) is 3.13. The van der Waals surface area contributed by atoms with Gasteiger partial charge in [-0.3, -0.25) is 0 Å². The van der Waals surface area contributed by atoms with Crippen molar-refractivity contribution >= 4 is 11.7 Å². The highest BCUT2D eigenvalue weighted by Crippen LogP contribution is 2.07. The minimum atomic E-state index is -0.391. The summed E-state index contributed by atoms with van der Waals surface area (Å²) in [5.74, 6) is -0.391. The molecule has 0 fully saturated rings. The van der Waals surface area contributed by atoms with Crippen molar-refractivity contribution in [1.29, 1.82) is 0 Å². The fourth-order valence-electron chi connectivity index (χ4n) is 1.09. The van der Waals surface area contributed by atoms with E-state index in [1.54, 1.807) is 0 Å². The van der Waals surface area contributed by atoms with Gasteiger partial charge >= 0.3 is 5.97 Å². The summed E-state index contributed by atoms with van der Waals surface area (Å²) in [7, 11) is 0. The van der Waals surface area contributed by atoms with Crippen LogP contribution >= 0.6 is 0 Å². The highest BCUT2D eigenvalue weighted by atomic mass is 16.5. The molecular weight excluding hydrogens is 190 g/mol. The minimum absolute atomic E-state index is 0.391. The zero-order valence-corrected chi connectivity index (χ0v) is 8.77. The number of hydrogen-bond donors (Lipinski definition) is 1. The Balaban J connectivity index is 2.64. The average molecular weight is 205 g/mol. The zero-order chi connectivity index (χ0) is 11.1. The lowest BCUT2D eigenvalue weighted by Crippen LogP contribution is -2.05. The molecule has 0 saturated heterocycles. The SMILES string of the molecule is CCCOC(=O)/C=C(/N)c1ccccc1. The van der Waals surface area contributed by atoms with Crippen LogP contribution in [0.1, 0.15) is 18.9 Å². The Morgan fingerprint density at radius 2 is 2.07 bits per heavy atom. The van der Waals surface area contributed by atoms with E-state index in [4.69, 9.17) is 10.5 Å². The van der Waals surface area contributed by atoms with Gasteiger partial charge in [0.25, 0.3) is 0 Å². The lowest BCUT2D eigenvalue weighted by molar-refractivity contribution is -0.137. The zero-order valence-electron chi connectivity index (χ0n) is 8.77. The fraction of sp³-hybridized carbons (Fsp3) is 0.250. The molecule has 1 aromatic rings. The van der Waals surface area contributed by atoms with E-state index in [-0.39, 0.29) is 0 Å². The number of carbonyl (C=O) groups excluding carboxylic acids is 1. The molecule has 0 radical (unpaired) electrons. The molecule has 0 amide bonds. The Bertz CT molecular complexity index is 344. The van der Waals surface area contributed by atoms with Crippen LogP contribution in [0.3, 0.4) is 0 Å². The molecule has 0 bridgehead atoms. The van der Waals surface area contributed by atoms with E-state index in [1.165, 1.54) is 6.08 Å². The van der Waals surface area contributed by atoms with Gasteiger partial charge in [0, 0.05) is 11.8 Å². The Hall–Kier alpha value is -1.77. The van der Waals surface area contributed by atoms with Crippen molar-refractivity contribution in [3.63, 3.8) is 0 Å². The van der Waals surface area contributed by atoms with Crippen LogP contribution in [0.5, 0.6) is 0 Å². The summed E-state index contributed by atoms with van der Waals surface area (Å²) in [5.41, 5.74) is 6.98. The summed E-state index contributed by atoms with van der Waals surface area (Å²) >= 11 is 0. The fourth-order valence-corrected chi connectivity index (χ4v) is 1.09. The van der Waals surface area contributed by atoms with Crippen molar-refractivity contribution in [1.82, 2.24) is 0 Å². The maximum Gasteiger partial charge on any atom is 0.332 e. The van der Waals surface area contributed by atoms with Gasteiger partial charge in [-0.15, -0.1) is 0 Å². The summed E-state index contributed by atoms with van der Waals surface area (Å²) < 4.78 is 4.89. The number of ether oxygens (including phenoxy) is 1. The lowest BCUT2D eigenvalue weighted by atomic mass is 10.1. The third-order valence-electron chi connectivity index (χ3n) is 1.83. The number of rotatable bonds is 4. The summed E-state index contributed by atoms with van der Waals surface area (Å²) in [4.78, 5) is 11.2. The van der Waals surface area contributed by atoms with Crippen molar-refractivity contribution in [2.75, 3.05) is 6.61 Å². The van der Waals surface area contributed by atoms with E-state index < -0.39 is 5.97 Å². The van der Waals surface area contributed by atoms with Crippen LogP contribution in [0, 0.1) is 0 Å². The molecule has 0 atom stereocenters. The van der Waals surface area contributed by atoms with Gasteiger partial charge in [-0.05, 0) is 12.0 Å². The molecule has 0 heterocycles. The Labute approximate surface area is 89.5 Å². The summed E-state index contributed by atoms with van der Waals surface area (Å²) in [5, 5.41) is 0. The average Bonchev–Trinajstić information content (AvgIpc) is 2.27. The molecule has 0 aliphatic heterocycles. The maximum absolute atomic E-state index is 11.2. The first-order valence-corrected chi connectivity index (χ1v) is 4.93. The van der Waals surface area contributed by atoms with Gasteiger partial charge in [-0.2, -0.15) is 0 Å². The molecule has 2 N–H and O–H groups in total. The topological polar surface area (TPSA) is 52.3 Å². The molecule has 1 aromatic carbocycles. The van der Waals surface area contributed by atoms with Crippen LogP contribution in [-0.4, -0.2) is 12.6 Å². The third-order valence-corrected chi connectivity index (χ3v) is 1.83. The third kappa shape index (κ3) is 3.85. The molecule has 1 rings (SSSR count). The van der Waals surface area contributed by atoms with Crippen molar-refractivity contribution in [3.8, 4) is 0 Å². The van der Waals surface area contributed by atoms with Crippen molar-refractivity contribution in [3.05, 3.63) is 42.0 Å². The first kappa shape index (κ1) is 11.3. The smallest absolute Gasteiger partial charge is 0.332 e. The van der Waals surface area contributed by atoms with Crippen molar-refractivity contribution in [2.45, 2.75) is 13.3 Å². The Morgan fingerprint density at radius 3 is 2.67 bits per heavy atom. The monoisotopic (exact) mass is 205 g/mol. The highest BCUT2D eigenvalue weighted by Gasteiger charge is 2.00. The van der Waals surface area contributed by atoms with E-state index >= 15 is 0 Å². The van der Waals surface area contributed by atoms with Crippen LogP contribution in [0.2, 0.25) is 0 Å². The van der Waals surface area contributed by atoms with Gasteiger partial charge in [0.15, 0.2) is 0 Å². The van der Waals surface area contributed by atoms with E-state index in [2.05, 4.69) is 0 Å². The molecule has 3 heteroatoms. The normalized spacial score (nSPS) is 11.1. The number of benzene rings is 1. The maximum atomic E-state index is 11.2. The van der Waals surface area contributed by atoms with E-state index in [0.29, 0.717) is 12.3 Å². The number of nitrogens with two attached hydrogens (primary N) is 1. The number of esters is 1. The molecule has 0 unspecified atom stereocenters. The number of hydrogen-bond acceptors (Lipinski definition) is 3. The van der Waals surface area contributed by atoms with Crippen molar-refractivity contribution in [2.24, 2.45) is 5.73 Å². The quantitative estimate of drug-likeness (QED) is 0.603. The molecule has 3 nitrogen and oxygen atoms in total. The lowest BCUT2D eigenvalue weighted by Gasteiger charge is -2.02. The first-order chi connectivity index (χ1) is 7.24. The summed E-state index contributed by atoms with van der Waals surface area (Å²) in [6.45, 7) is 2.37. The summed E-state index contributed by atoms with van der Waals surface area (Å²) in [6.07, 6.45) is 2.12. The van der Waals surface area contributed by atoms with Crippen LogP contribution in [-0.2, 0) is 9.53 Å². The van der Waals surface area contributed by atoms with Gasteiger partial charge < -0.3 is 10.5 Å². The minimum Gasteiger partial charge on any atom is -0.462 e. The van der Waals surface area contributed by atoms with Gasteiger partial charge in [-0.1, -0.05) is 37.3 Å². The van der Waals surface area contributed by atoms with E-state index in [0.717, 1.165) is 12.0 Å². The molecule has 0 aliphatic rings. The van der Waals surface area contributed by atoms with Crippen LogP contribution < -0.4 is 5.73 Å². The predicted octanol–water partition coefficient (Wildman–Crippen LogP) is 1.94. The van der Waals surface area contributed by atoms with Gasteiger partial charge in [0.1, 0.15) is 0 Å². The van der Waals surface area contributed by atoms with Gasteiger partial charge in [-0.25, -0.2) is 4.79 Å². The van der Waals surface area contributed by atoms with Crippen LogP contribution in [0.15, 0.2) is 36.4 Å². The highest BCUT2D eigenvalue weighted by molar-refractivity contribution is 5.90. The van der Waals surface area contributed by atoms with Crippen LogP contribution in [0.4, 0.5) is 0 Å². The van der Waals surface area contributed by atoms with E-state index in [1.807, 2.05) is 37.3 Å². The number of carbonyl (C=O) groups is 1. The van der Waals surface area contributed by atoms with Crippen molar-refractivity contribution < 1.29 is 9.53 Å². The molecule has 0 aromatic heterocycles. The molecule has 80 valence electrons. The van der Waals surface area contributed by atoms with Gasteiger partial charge in [0.2, 0.25) is 0 Å². The Kier molecular flexibility index (Phi) is 4.41. The second-order valence-electron chi connectivity index (χ2n) is 3.13. The molecule has 15 heavy (non-hydrogen) atoms. The second kappa shape index (κ2) is 5.86. The Morgan fingerprint density at radius 1 is 1.40 bits per heavy atom. The largest absolute Gasteiger partial charge is 0.462 e. The van der Waals surface area contributed by atoms with Gasteiger partial charge in [0.05, 0.1) is 6.61 Å². The summed E-state index contributed by atoms with van der Waals surface area (Å²) in [6, 6.07) is 9.32. The molecule has 0 aliphatic carbocycles. The first-order valence-electron chi connectivity index (χ1n) is 4.93. The molecule has 0 spiro atoms. The molecule has 0 saturated carbocycles. The standard InChI is InChI=1S/C12H15NO2/c1-2-8-15-12(14)9-11(13)10-6-4-3-5-7-10/h3-7,9H,2,8,13H2,1H3/b11-9+. The molecular formula is C12H15NO2. The van der Waals surface area contributed by atoms with Crippen LogP contribution in [0.25, 0.3) is 5.70 Å².